The SMILES string of the molecule is c1ccc2c(c1)CCN[C@H]2CN1CCCCC1. The Labute approximate surface area is 104 Å². The minimum Gasteiger partial charge on any atom is -0.309 e. The molecule has 0 unspecified atom stereocenters. The number of nitrogens with zero attached hydrogens (tertiary/aromatic N) is 1. The standard InChI is InChI=1S/C15H22N2/c1-4-10-17(11-5-1)12-15-14-7-3-2-6-13(14)8-9-16-15/h2-3,6-7,15-16H,1,4-5,8-12H2/t15-/m0/s1. The molecule has 2 heteroatoms. The zero-order valence-electron chi connectivity index (χ0n) is 10.5. The van der Waals surface area contributed by atoms with Crippen molar-refractivity contribution in [3.05, 3.63) is 35.4 Å². The minimum atomic E-state index is 0.554. The molecule has 0 amide bonds. The first-order valence-electron chi connectivity index (χ1n) is 6.97. The van der Waals surface area contributed by atoms with E-state index in [1.54, 1.807) is 5.56 Å². The molecule has 17 heavy (non-hydrogen) atoms. The van der Waals surface area contributed by atoms with E-state index in [0.717, 1.165) is 6.54 Å². The summed E-state index contributed by atoms with van der Waals surface area (Å²) in [5, 5.41) is 3.68. The van der Waals surface area contributed by atoms with Crippen LogP contribution in [0.4, 0.5) is 0 Å². The van der Waals surface area contributed by atoms with E-state index in [1.165, 1.54) is 50.9 Å². The number of hydrogen-bond acceptors (Lipinski definition) is 2. The van der Waals surface area contributed by atoms with Crippen LogP contribution in [0.2, 0.25) is 0 Å². The molecule has 1 saturated heterocycles. The number of likely N-dealkylation sites (tertiary alicyclic amines) is 1. The summed E-state index contributed by atoms with van der Waals surface area (Å²) in [5.41, 5.74) is 3.08. The number of piperidine rings is 1. The van der Waals surface area contributed by atoms with E-state index in [1.807, 2.05) is 0 Å². The molecule has 2 aliphatic rings. The Morgan fingerprint density at radius 1 is 1.12 bits per heavy atom. The number of nitrogens with one attached hydrogen (secondary N) is 1. The number of rotatable bonds is 2. The van der Waals surface area contributed by atoms with E-state index in [4.69, 9.17) is 0 Å². The van der Waals surface area contributed by atoms with Crippen LogP contribution in [0.15, 0.2) is 24.3 Å². The van der Waals surface area contributed by atoms with Gasteiger partial charge in [0.25, 0.3) is 0 Å². The number of benzene rings is 1. The molecule has 0 radical (unpaired) electrons. The van der Waals surface area contributed by atoms with Crippen LogP contribution in [0.5, 0.6) is 0 Å². The van der Waals surface area contributed by atoms with E-state index in [0.29, 0.717) is 6.04 Å². The van der Waals surface area contributed by atoms with Crippen LogP contribution in [0.1, 0.15) is 36.4 Å². The van der Waals surface area contributed by atoms with Crippen molar-refractivity contribution in [2.45, 2.75) is 31.7 Å². The maximum absolute atomic E-state index is 3.68. The van der Waals surface area contributed by atoms with Gasteiger partial charge in [-0.3, -0.25) is 0 Å². The van der Waals surface area contributed by atoms with Gasteiger partial charge in [-0.15, -0.1) is 0 Å². The first-order chi connectivity index (χ1) is 8.43. The van der Waals surface area contributed by atoms with Gasteiger partial charge in [0.05, 0.1) is 0 Å². The molecule has 1 aromatic rings. The smallest absolute Gasteiger partial charge is 0.0452 e. The third-order valence-corrected chi connectivity index (χ3v) is 4.11. The molecule has 0 aromatic heterocycles. The van der Waals surface area contributed by atoms with Crippen molar-refractivity contribution in [1.82, 2.24) is 10.2 Å². The third kappa shape index (κ3) is 2.53. The average molecular weight is 230 g/mol. The largest absolute Gasteiger partial charge is 0.309 e. The fraction of sp³-hybridized carbons (Fsp3) is 0.600. The summed E-state index contributed by atoms with van der Waals surface area (Å²) < 4.78 is 0. The van der Waals surface area contributed by atoms with Gasteiger partial charge < -0.3 is 10.2 Å². The van der Waals surface area contributed by atoms with Gasteiger partial charge in [0.15, 0.2) is 0 Å². The van der Waals surface area contributed by atoms with Gasteiger partial charge in [0.2, 0.25) is 0 Å². The highest BCUT2D eigenvalue weighted by molar-refractivity contribution is 5.32. The Morgan fingerprint density at radius 2 is 1.94 bits per heavy atom. The molecule has 0 bridgehead atoms. The van der Waals surface area contributed by atoms with Gasteiger partial charge in [-0.05, 0) is 50.0 Å². The molecule has 3 rings (SSSR count). The molecule has 0 spiro atoms. The lowest BCUT2D eigenvalue weighted by Crippen LogP contribution is -2.41. The minimum absolute atomic E-state index is 0.554. The summed E-state index contributed by atoms with van der Waals surface area (Å²) in [6.45, 7) is 4.91. The van der Waals surface area contributed by atoms with E-state index in [2.05, 4.69) is 34.5 Å². The molecule has 0 saturated carbocycles. The van der Waals surface area contributed by atoms with Crippen molar-refractivity contribution in [3.8, 4) is 0 Å². The molecule has 1 fully saturated rings. The zero-order chi connectivity index (χ0) is 11.5. The molecule has 0 aliphatic carbocycles. The van der Waals surface area contributed by atoms with Crippen molar-refractivity contribution in [2.75, 3.05) is 26.2 Å². The number of fused-ring (bicyclic) bond motifs is 1. The fourth-order valence-electron chi connectivity index (χ4n) is 3.16. The lowest BCUT2D eigenvalue weighted by molar-refractivity contribution is 0.203. The van der Waals surface area contributed by atoms with Crippen molar-refractivity contribution in [3.63, 3.8) is 0 Å². The van der Waals surface area contributed by atoms with Crippen LogP contribution in [-0.4, -0.2) is 31.1 Å². The fourth-order valence-corrected chi connectivity index (χ4v) is 3.16. The molecule has 2 aliphatic heterocycles. The normalized spacial score (nSPS) is 25.5. The van der Waals surface area contributed by atoms with E-state index in [9.17, 15) is 0 Å². The highest BCUT2D eigenvalue weighted by atomic mass is 15.2. The molecule has 2 nitrogen and oxygen atoms in total. The highest BCUT2D eigenvalue weighted by Crippen LogP contribution is 2.24. The maximum atomic E-state index is 3.68. The van der Waals surface area contributed by atoms with Crippen molar-refractivity contribution in [2.24, 2.45) is 0 Å². The molecular weight excluding hydrogens is 208 g/mol. The van der Waals surface area contributed by atoms with Gasteiger partial charge in [0, 0.05) is 12.6 Å². The predicted molar refractivity (Wildman–Crippen MR) is 71.2 cm³/mol. The zero-order valence-corrected chi connectivity index (χ0v) is 10.5. The molecule has 1 atom stereocenters. The van der Waals surface area contributed by atoms with Gasteiger partial charge >= 0.3 is 0 Å². The lowest BCUT2D eigenvalue weighted by Gasteiger charge is -2.34. The van der Waals surface area contributed by atoms with Crippen LogP contribution >= 0.6 is 0 Å². The Balaban J connectivity index is 1.71. The Bertz CT molecular complexity index is 369. The van der Waals surface area contributed by atoms with Gasteiger partial charge in [-0.1, -0.05) is 30.7 Å². The Morgan fingerprint density at radius 3 is 2.82 bits per heavy atom. The third-order valence-electron chi connectivity index (χ3n) is 4.11. The van der Waals surface area contributed by atoms with E-state index >= 15 is 0 Å². The average Bonchev–Trinajstić information content (AvgIpc) is 2.40. The van der Waals surface area contributed by atoms with Gasteiger partial charge in [-0.2, -0.15) is 0 Å². The number of hydrogen-bond donors (Lipinski definition) is 1. The lowest BCUT2D eigenvalue weighted by atomic mass is 9.93. The van der Waals surface area contributed by atoms with Crippen molar-refractivity contribution < 1.29 is 0 Å². The van der Waals surface area contributed by atoms with Crippen LogP contribution < -0.4 is 5.32 Å². The Kier molecular flexibility index (Phi) is 3.44. The van der Waals surface area contributed by atoms with E-state index in [-0.39, 0.29) is 0 Å². The summed E-state index contributed by atoms with van der Waals surface area (Å²) in [4.78, 5) is 2.63. The molecule has 2 heterocycles. The molecular formula is C15H22N2. The topological polar surface area (TPSA) is 15.3 Å². The summed E-state index contributed by atoms with van der Waals surface area (Å²) in [6.07, 6.45) is 5.38. The van der Waals surface area contributed by atoms with Crippen LogP contribution in [0, 0.1) is 0 Å². The summed E-state index contributed by atoms with van der Waals surface area (Å²) in [5.74, 6) is 0. The van der Waals surface area contributed by atoms with E-state index < -0.39 is 0 Å². The highest BCUT2D eigenvalue weighted by Gasteiger charge is 2.22. The predicted octanol–water partition coefficient (Wildman–Crippen LogP) is 2.36. The van der Waals surface area contributed by atoms with Crippen molar-refractivity contribution in [1.29, 1.82) is 0 Å². The van der Waals surface area contributed by atoms with Crippen LogP contribution in [0.3, 0.4) is 0 Å². The van der Waals surface area contributed by atoms with Crippen molar-refractivity contribution >= 4 is 0 Å². The quantitative estimate of drug-likeness (QED) is 0.839. The monoisotopic (exact) mass is 230 g/mol. The summed E-state index contributed by atoms with van der Waals surface area (Å²) >= 11 is 0. The second-order valence-electron chi connectivity index (χ2n) is 5.32. The van der Waals surface area contributed by atoms with Crippen LogP contribution in [0.25, 0.3) is 0 Å². The van der Waals surface area contributed by atoms with Crippen LogP contribution in [-0.2, 0) is 6.42 Å². The first-order valence-corrected chi connectivity index (χ1v) is 6.97. The van der Waals surface area contributed by atoms with Gasteiger partial charge in [0.1, 0.15) is 0 Å². The molecule has 1 N–H and O–H groups in total. The summed E-state index contributed by atoms with van der Waals surface area (Å²) in [7, 11) is 0. The van der Waals surface area contributed by atoms with Gasteiger partial charge in [-0.25, -0.2) is 0 Å². The maximum Gasteiger partial charge on any atom is 0.0452 e. The second kappa shape index (κ2) is 5.19. The molecule has 1 aromatic carbocycles. The summed E-state index contributed by atoms with van der Waals surface area (Å²) in [6, 6.07) is 9.49. The second-order valence-corrected chi connectivity index (χ2v) is 5.32. The Hall–Kier alpha value is -0.860. The molecule has 92 valence electrons. The first kappa shape index (κ1) is 11.2.